The lowest BCUT2D eigenvalue weighted by atomic mass is 10.2. The van der Waals surface area contributed by atoms with Crippen molar-refractivity contribution in [2.75, 3.05) is 36.4 Å². The van der Waals surface area contributed by atoms with Gasteiger partial charge in [-0.2, -0.15) is 13.2 Å². The Balaban J connectivity index is 1.46. The van der Waals surface area contributed by atoms with E-state index in [0.29, 0.717) is 19.6 Å². The molecule has 3 N–H and O–H groups in total. The molecule has 1 aliphatic heterocycles. The summed E-state index contributed by atoms with van der Waals surface area (Å²) in [4.78, 5) is 25.4. The molecule has 1 fully saturated rings. The predicted molar refractivity (Wildman–Crippen MR) is 103 cm³/mol. The molecule has 29 heavy (non-hydrogen) atoms. The van der Waals surface area contributed by atoms with Gasteiger partial charge in [0, 0.05) is 31.0 Å². The number of rotatable bonds is 6. The molecule has 1 aliphatic rings. The van der Waals surface area contributed by atoms with E-state index in [1.54, 1.807) is 0 Å². The van der Waals surface area contributed by atoms with Crippen molar-refractivity contribution in [2.24, 2.45) is 0 Å². The molecule has 2 amide bonds. The molecule has 0 bridgehead atoms. The van der Waals surface area contributed by atoms with Gasteiger partial charge in [-0.15, -0.1) is 0 Å². The number of piperazine rings is 1. The maximum atomic E-state index is 12.7. The molecule has 0 saturated carbocycles. The first-order valence-corrected chi connectivity index (χ1v) is 9.10. The normalized spacial score (nSPS) is 14.3. The van der Waals surface area contributed by atoms with Crippen LogP contribution in [0.25, 0.3) is 0 Å². The van der Waals surface area contributed by atoms with Gasteiger partial charge in [-0.05, 0) is 35.9 Å². The number of benzene rings is 2. The largest absolute Gasteiger partial charge is 0.416 e. The average Bonchev–Trinajstić information content (AvgIpc) is 2.71. The lowest BCUT2D eigenvalue weighted by Gasteiger charge is -2.28. The summed E-state index contributed by atoms with van der Waals surface area (Å²) in [6, 6.07) is 12.2. The molecule has 9 heteroatoms. The summed E-state index contributed by atoms with van der Waals surface area (Å²) in [5.41, 5.74) is 1.27. The van der Waals surface area contributed by atoms with Gasteiger partial charge in [0.05, 0.1) is 18.7 Å². The number of nitrogens with one attached hydrogen (secondary N) is 3. The molecule has 0 radical (unpaired) electrons. The molecular formula is C20H21F3N4O2. The fourth-order valence-corrected chi connectivity index (χ4v) is 2.93. The van der Waals surface area contributed by atoms with Crippen molar-refractivity contribution < 1.29 is 22.8 Å². The van der Waals surface area contributed by atoms with Gasteiger partial charge >= 0.3 is 6.18 Å². The van der Waals surface area contributed by atoms with E-state index in [-0.39, 0.29) is 24.0 Å². The third kappa shape index (κ3) is 5.87. The number of carbonyl (C=O) groups excluding carboxylic acids is 2. The van der Waals surface area contributed by atoms with Crippen LogP contribution in [0.5, 0.6) is 0 Å². The second-order valence-corrected chi connectivity index (χ2v) is 6.65. The molecule has 1 saturated heterocycles. The Kier molecular flexibility index (Phi) is 6.26. The van der Waals surface area contributed by atoms with Crippen LogP contribution in [0, 0.1) is 0 Å². The standard InChI is InChI=1S/C20H21F3N4O2/c21-20(22,23)15-2-1-3-16(10-15)25-12-18(28)26-11-14-4-6-17(7-5-14)27-9-8-24-19(29)13-27/h1-7,10,25H,8-9,11-13H2,(H,24,29)(H,26,28). The van der Waals surface area contributed by atoms with Gasteiger partial charge in [0.25, 0.3) is 0 Å². The molecule has 0 atom stereocenters. The molecule has 6 nitrogen and oxygen atoms in total. The molecular weight excluding hydrogens is 385 g/mol. The van der Waals surface area contributed by atoms with Crippen molar-refractivity contribution >= 4 is 23.2 Å². The lowest BCUT2D eigenvalue weighted by Crippen LogP contribution is -2.47. The Morgan fingerprint density at radius 2 is 1.90 bits per heavy atom. The maximum absolute atomic E-state index is 12.7. The van der Waals surface area contributed by atoms with E-state index in [1.807, 2.05) is 29.2 Å². The second kappa shape index (κ2) is 8.85. The first-order valence-electron chi connectivity index (χ1n) is 9.10. The van der Waals surface area contributed by atoms with Gasteiger partial charge in [-0.25, -0.2) is 0 Å². The summed E-state index contributed by atoms with van der Waals surface area (Å²) in [5.74, 6) is -0.347. The van der Waals surface area contributed by atoms with E-state index < -0.39 is 11.7 Å². The summed E-state index contributed by atoms with van der Waals surface area (Å²) in [5, 5.41) is 8.18. The van der Waals surface area contributed by atoms with Crippen LogP contribution in [0.1, 0.15) is 11.1 Å². The minimum absolute atomic E-state index is 0.0131. The summed E-state index contributed by atoms with van der Waals surface area (Å²) in [7, 11) is 0. The molecule has 0 unspecified atom stereocenters. The van der Waals surface area contributed by atoms with Gasteiger partial charge in [0.2, 0.25) is 11.8 Å². The molecule has 2 aromatic carbocycles. The highest BCUT2D eigenvalue weighted by molar-refractivity contribution is 5.82. The second-order valence-electron chi connectivity index (χ2n) is 6.65. The van der Waals surface area contributed by atoms with Gasteiger partial charge in [0.1, 0.15) is 0 Å². The Morgan fingerprint density at radius 3 is 2.59 bits per heavy atom. The van der Waals surface area contributed by atoms with Crippen LogP contribution in [-0.4, -0.2) is 38.0 Å². The number of amides is 2. The summed E-state index contributed by atoms with van der Waals surface area (Å²) < 4.78 is 38.1. The Bertz CT molecular complexity index is 869. The maximum Gasteiger partial charge on any atom is 0.416 e. The Labute approximate surface area is 166 Å². The van der Waals surface area contributed by atoms with E-state index in [1.165, 1.54) is 12.1 Å². The minimum atomic E-state index is -4.43. The molecule has 154 valence electrons. The molecule has 0 aliphatic carbocycles. The van der Waals surface area contributed by atoms with Crippen LogP contribution in [0.4, 0.5) is 24.5 Å². The van der Waals surface area contributed by atoms with Gasteiger partial charge < -0.3 is 20.9 Å². The molecule has 1 heterocycles. The highest BCUT2D eigenvalue weighted by atomic mass is 19.4. The molecule has 3 rings (SSSR count). The SMILES string of the molecule is O=C(CNc1cccc(C(F)(F)F)c1)NCc1ccc(N2CCNC(=O)C2)cc1. The van der Waals surface area contributed by atoms with Crippen molar-refractivity contribution in [3.05, 3.63) is 59.7 Å². The highest BCUT2D eigenvalue weighted by Gasteiger charge is 2.30. The van der Waals surface area contributed by atoms with Crippen molar-refractivity contribution in [2.45, 2.75) is 12.7 Å². The predicted octanol–water partition coefficient (Wildman–Crippen LogP) is 2.37. The summed E-state index contributed by atoms with van der Waals surface area (Å²) in [6.45, 7) is 1.82. The summed E-state index contributed by atoms with van der Waals surface area (Å²) >= 11 is 0. The fourth-order valence-electron chi connectivity index (χ4n) is 2.93. The van der Waals surface area contributed by atoms with Crippen molar-refractivity contribution in [1.29, 1.82) is 0 Å². The fraction of sp³-hybridized carbons (Fsp3) is 0.300. The van der Waals surface area contributed by atoms with E-state index in [0.717, 1.165) is 29.9 Å². The Hall–Kier alpha value is -3.23. The van der Waals surface area contributed by atoms with Gasteiger partial charge in [0.15, 0.2) is 0 Å². The molecule has 0 spiro atoms. The number of carbonyl (C=O) groups is 2. The van der Waals surface area contributed by atoms with Crippen molar-refractivity contribution in [1.82, 2.24) is 10.6 Å². The number of alkyl halides is 3. The number of hydrogen-bond donors (Lipinski definition) is 3. The van der Waals surface area contributed by atoms with E-state index in [4.69, 9.17) is 0 Å². The number of hydrogen-bond acceptors (Lipinski definition) is 4. The van der Waals surface area contributed by atoms with E-state index in [9.17, 15) is 22.8 Å². The zero-order chi connectivity index (χ0) is 20.9. The molecule has 2 aromatic rings. The number of nitrogens with zero attached hydrogens (tertiary/aromatic N) is 1. The minimum Gasteiger partial charge on any atom is -0.376 e. The van der Waals surface area contributed by atoms with Crippen LogP contribution in [-0.2, 0) is 22.3 Å². The average molecular weight is 406 g/mol. The van der Waals surface area contributed by atoms with E-state index in [2.05, 4.69) is 16.0 Å². The monoisotopic (exact) mass is 406 g/mol. The molecule has 0 aromatic heterocycles. The Morgan fingerprint density at radius 1 is 1.14 bits per heavy atom. The smallest absolute Gasteiger partial charge is 0.376 e. The van der Waals surface area contributed by atoms with Crippen LogP contribution in [0.3, 0.4) is 0 Å². The topological polar surface area (TPSA) is 73.5 Å². The first-order chi connectivity index (χ1) is 13.8. The lowest BCUT2D eigenvalue weighted by molar-refractivity contribution is -0.137. The van der Waals surface area contributed by atoms with E-state index >= 15 is 0 Å². The van der Waals surface area contributed by atoms with Crippen molar-refractivity contribution in [3.8, 4) is 0 Å². The third-order valence-electron chi connectivity index (χ3n) is 4.47. The quantitative estimate of drug-likeness (QED) is 0.689. The van der Waals surface area contributed by atoms with Crippen molar-refractivity contribution in [3.63, 3.8) is 0 Å². The van der Waals surface area contributed by atoms with Crippen LogP contribution < -0.4 is 20.9 Å². The van der Waals surface area contributed by atoms with Crippen LogP contribution >= 0.6 is 0 Å². The third-order valence-corrected chi connectivity index (χ3v) is 4.47. The van der Waals surface area contributed by atoms with Crippen LogP contribution in [0.2, 0.25) is 0 Å². The van der Waals surface area contributed by atoms with Gasteiger partial charge in [-0.3, -0.25) is 9.59 Å². The van der Waals surface area contributed by atoms with Gasteiger partial charge in [-0.1, -0.05) is 18.2 Å². The zero-order valence-electron chi connectivity index (χ0n) is 15.6. The summed E-state index contributed by atoms with van der Waals surface area (Å²) in [6.07, 6.45) is -4.43. The zero-order valence-corrected chi connectivity index (χ0v) is 15.6. The highest BCUT2D eigenvalue weighted by Crippen LogP contribution is 2.30. The van der Waals surface area contributed by atoms with Crippen LogP contribution in [0.15, 0.2) is 48.5 Å². The number of halogens is 3. The number of anilines is 2. The first kappa shape index (κ1) is 20.5.